The third-order valence-corrected chi connectivity index (χ3v) is 5.56. The Balaban J connectivity index is 1.55. The van der Waals surface area contributed by atoms with Crippen LogP contribution in [0.3, 0.4) is 0 Å². The summed E-state index contributed by atoms with van der Waals surface area (Å²) >= 11 is 0. The van der Waals surface area contributed by atoms with E-state index in [9.17, 15) is 4.79 Å². The molecule has 1 aliphatic rings. The van der Waals surface area contributed by atoms with Gasteiger partial charge in [0.25, 0.3) is 5.91 Å². The minimum Gasteiger partial charge on any atom is -0.383 e. The van der Waals surface area contributed by atoms with Gasteiger partial charge in [0.2, 0.25) is 0 Å². The number of ether oxygens (including phenoxy) is 1. The summed E-state index contributed by atoms with van der Waals surface area (Å²) in [6, 6.07) is 18.3. The predicted molar refractivity (Wildman–Crippen MR) is 116 cm³/mol. The number of piperazine rings is 1. The number of amides is 1. The summed E-state index contributed by atoms with van der Waals surface area (Å²) in [5.41, 5.74) is 4.87. The lowest BCUT2D eigenvalue weighted by atomic mass is 9.98. The molecule has 4 rings (SSSR count). The molecule has 0 saturated carbocycles. The quantitative estimate of drug-likeness (QED) is 0.669. The molecule has 5 heteroatoms. The van der Waals surface area contributed by atoms with Crippen LogP contribution in [0, 0.1) is 6.92 Å². The van der Waals surface area contributed by atoms with Crippen molar-refractivity contribution in [3.63, 3.8) is 0 Å². The van der Waals surface area contributed by atoms with Crippen LogP contribution >= 0.6 is 0 Å². The van der Waals surface area contributed by atoms with Gasteiger partial charge in [0.05, 0.1) is 12.1 Å². The van der Waals surface area contributed by atoms with E-state index in [0.717, 1.165) is 72.6 Å². The first kappa shape index (κ1) is 19.6. The molecule has 3 aromatic rings. The number of aryl methyl sites for hydroxylation is 1. The van der Waals surface area contributed by atoms with Crippen LogP contribution < -0.4 is 0 Å². The number of carbonyl (C=O) groups excluding carboxylic acids is 1. The van der Waals surface area contributed by atoms with Crippen molar-refractivity contribution in [2.45, 2.75) is 6.92 Å². The zero-order chi connectivity index (χ0) is 20.2. The second kappa shape index (κ2) is 8.72. The van der Waals surface area contributed by atoms with Crippen molar-refractivity contribution < 1.29 is 9.53 Å². The molecule has 2 heterocycles. The summed E-state index contributed by atoms with van der Waals surface area (Å²) in [6.07, 6.45) is 0. The van der Waals surface area contributed by atoms with E-state index < -0.39 is 0 Å². The van der Waals surface area contributed by atoms with Crippen LogP contribution in [0.2, 0.25) is 0 Å². The fraction of sp³-hybridized carbons (Fsp3) is 0.333. The van der Waals surface area contributed by atoms with Crippen molar-refractivity contribution in [1.82, 2.24) is 14.8 Å². The van der Waals surface area contributed by atoms with Gasteiger partial charge in [-0.2, -0.15) is 0 Å². The molecule has 1 amide bonds. The summed E-state index contributed by atoms with van der Waals surface area (Å²) < 4.78 is 5.15. The first-order chi connectivity index (χ1) is 14.2. The Hall–Kier alpha value is -2.76. The maximum Gasteiger partial charge on any atom is 0.253 e. The summed E-state index contributed by atoms with van der Waals surface area (Å²) in [5.74, 6) is 0.104. The van der Waals surface area contributed by atoms with Crippen LogP contribution in [-0.4, -0.2) is 67.1 Å². The summed E-state index contributed by atoms with van der Waals surface area (Å²) in [5, 5.41) is 1.11. The van der Waals surface area contributed by atoms with Crippen LogP contribution in [0.15, 0.2) is 54.6 Å². The van der Waals surface area contributed by atoms with Gasteiger partial charge in [-0.1, -0.05) is 30.3 Å². The zero-order valence-electron chi connectivity index (χ0n) is 17.1. The van der Waals surface area contributed by atoms with E-state index in [1.54, 1.807) is 7.11 Å². The van der Waals surface area contributed by atoms with Crippen LogP contribution in [-0.2, 0) is 4.74 Å². The van der Waals surface area contributed by atoms with Gasteiger partial charge in [-0.3, -0.25) is 14.7 Å². The minimum absolute atomic E-state index is 0.104. The monoisotopic (exact) mass is 389 g/mol. The number of carbonyl (C=O) groups is 1. The average Bonchev–Trinajstić information content (AvgIpc) is 2.77. The molecule has 29 heavy (non-hydrogen) atoms. The molecule has 0 spiro atoms. The lowest BCUT2D eigenvalue weighted by molar-refractivity contribution is 0.0594. The Labute approximate surface area is 171 Å². The van der Waals surface area contributed by atoms with E-state index >= 15 is 0 Å². The average molecular weight is 389 g/mol. The third kappa shape index (κ3) is 4.31. The number of pyridine rings is 1. The molecular weight excluding hydrogens is 362 g/mol. The van der Waals surface area contributed by atoms with Crippen LogP contribution in [0.25, 0.3) is 22.0 Å². The van der Waals surface area contributed by atoms with E-state index in [4.69, 9.17) is 4.74 Å². The fourth-order valence-electron chi connectivity index (χ4n) is 3.91. The van der Waals surface area contributed by atoms with Gasteiger partial charge in [-0.25, -0.2) is 0 Å². The van der Waals surface area contributed by atoms with Crippen molar-refractivity contribution in [3.8, 4) is 11.1 Å². The SMILES string of the molecule is COCCN1CCN(C(=O)c2cccc(-c3cccc4nc(C)ccc34)c2)CC1. The first-order valence-electron chi connectivity index (χ1n) is 10.1. The van der Waals surface area contributed by atoms with E-state index in [1.807, 2.05) is 48.2 Å². The Kier molecular flexibility index (Phi) is 5.88. The van der Waals surface area contributed by atoms with Gasteiger partial charge >= 0.3 is 0 Å². The molecule has 0 bridgehead atoms. The molecular formula is C24H27N3O2. The predicted octanol–water partition coefficient (Wildman–Crippen LogP) is 3.61. The summed E-state index contributed by atoms with van der Waals surface area (Å²) in [7, 11) is 1.72. The van der Waals surface area contributed by atoms with Crippen molar-refractivity contribution in [1.29, 1.82) is 0 Å². The van der Waals surface area contributed by atoms with Crippen molar-refractivity contribution in [2.24, 2.45) is 0 Å². The number of hydrogen-bond donors (Lipinski definition) is 0. The number of nitrogens with zero attached hydrogens (tertiary/aromatic N) is 3. The zero-order valence-corrected chi connectivity index (χ0v) is 17.1. The van der Waals surface area contributed by atoms with Crippen LogP contribution in [0.1, 0.15) is 16.1 Å². The largest absolute Gasteiger partial charge is 0.383 e. The summed E-state index contributed by atoms with van der Waals surface area (Å²) in [4.78, 5) is 22.0. The normalized spacial score (nSPS) is 15.0. The maximum absolute atomic E-state index is 13.1. The number of benzene rings is 2. The molecule has 0 unspecified atom stereocenters. The second-order valence-electron chi connectivity index (χ2n) is 7.53. The van der Waals surface area contributed by atoms with E-state index in [-0.39, 0.29) is 5.91 Å². The Morgan fingerprint density at radius 1 is 1.03 bits per heavy atom. The smallest absolute Gasteiger partial charge is 0.253 e. The number of methoxy groups -OCH3 is 1. The van der Waals surface area contributed by atoms with E-state index in [0.29, 0.717) is 0 Å². The molecule has 1 fully saturated rings. The second-order valence-corrected chi connectivity index (χ2v) is 7.53. The third-order valence-electron chi connectivity index (χ3n) is 5.56. The Morgan fingerprint density at radius 2 is 1.83 bits per heavy atom. The summed E-state index contributed by atoms with van der Waals surface area (Å²) in [6.45, 7) is 6.94. The molecule has 1 saturated heterocycles. The molecule has 1 aromatic heterocycles. The van der Waals surface area contributed by atoms with Crippen molar-refractivity contribution >= 4 is 16.8 Å². The number of fused-ring (bicyclic) bond motifs is 1. The van der Waals surface area contributed by atoms with E-state index in [2.05, 4.69) is 28.1 Å². The van der Waals surface area contributed by atoms with Gasteiger partial charge in [0.1, 0.15) is 0 Å². The van der Waals surface area contributed by atoms with Gasteiger partial charge in [-0.05, 0) is 42.3 Å². The topological polar surface area (TPSA) is 45.7 Å². The highest BCUT2D eigenvalue weighted by Gasteiger charge is 2.22. The molecule has 0 aliphatic carbocycles. The highest BCUT2D eigenvalue weighted by molar-refractivity contribution is 5.99. The van der Waals surface area contributed by atoms with Crippen molar-refractivity contribution in [2.75, 3.05) is 46.4 Å². The molecule has 0 radical (unpaired) electrons. The molecule has 0 N–H and O–H groups in total. The molecule has 1 aliphatic heterocycles. The maximum atomic E-state index is 13.1. The highest BCUT2D eigenvalue weighted by Crippen LogP contribution is 2.29. The minimum atomic E-state index is 0.104. The Bertz CT molecular complexity index is 1010. The number of hydrogen-bond acceptors (Lipinski definition) is 4. The molecule has 5 nitrogen and oxygen atoms in total. The molecule has 2 aromatic carbocycles. The lowest BCUT2D eigenvalue weighted by Crippen LogP contribution is -2.49. The van der Waals surface area contributed by atoms with Gasteiger partial charge in [0, 0.05) is 56.5 Å². The standard InChI is InChI=1S/C24H27N3O2/c1-18-9-10-22-21(7-4-8-23(22)25-18)19-5-3-6-20(17-19)24(28)27-13-11-26(12-14-27)15-16-29-2/h3-10,17H,11-16H2,1-2H3. The molecule has 0 atom stereocenters. The van der Waals surface area contributed by atoms with Gasteiger partial charge in [0.15, 0.2) is 0 Å². The highest BCUT2D eigenvalue weighted by atomic mass is 16.5. The fourth-order valence-corrected chi connectivity index (χ4v) is 3.91. The van der Waals surface area contributed by atoms with Gasteiger partial charge in [-0.15, -0.1) is 0 Å². The van der Waals surface area contributed by atoms with Crippen molar-refractivity contribution in [3.05, 3.63) is 65.9 Å². The lowest BCUT2D eigenvalue weighted by Gasteiger charge is -2.34. The number of rotatable bonds is 5. The van der Waals surface area contributed by atoms with Gasteiger partial charge < -0.3 is 9.64 Å². The Morgan fingerprint density at radius 3 is 2.62 bits per heavy atom. The first-order valence-corrected chi connectivity index (χ1v) is 10.1. The number of aromatic nitrogens is 1. The van der Waals surface area contributed by atoms with Crippen LogP contribution in [0.5, 0.6) is 0 Å². The molecule has 150 valence electrons. The van der Waals surface area contributed by atoms with E-state index in [1.165, 1.54) is 0 Å². The van der Waals surface area contributed by atoms with Crippen LogP contribution in [0.4, 0.5) is 0 Å².